The van der Waals surface area contributed by atoms with Crippen LogP contribution in [0.1, 0.15) is 23.6 Å². The van der Waals surface area contributed by atoms with Crippen LogP contribution in [0.25, 0.3) is 5.57 Å². The molecule has 0 aliphatic carbocycles. The molecular formula is C26H23F3N2O2. The number of carbonyl (C=O) groups is 1. The molecule has 3 aromatic carbocycles. The van der Waals surface area contributed by atoms with Crippen LogP contribution in [0.2, 0.25) is 0 Å². The number of carbonyl (C=O) groups excluding carboxylic acids is 1. The van der Waals surface area contributed by atoms with Gasteiger partial charge in [-0.3, -0.25) is 4.79 Å². The standard InChI is InChI=1S/C26H23F3N2O2/c1-2-33-23-15-11-19(12-16-23)24(18-9-13-20(14-10-18)26(27,28)29)7-4-8-25(32)31-22-6-3-5-21(30)17-22/h3-17H,2,30H2,1H3,(H,31,32)/b8-4+,24-7-. The SMILES string of the molecule is CCOc1ccc(/C(=C\C=C\C(=O)Nc2cccc(N)c2)c2ccc(C(F)(F)F)cc2)cc1. The molecule has 0 bridgehead atoms. The first kappa shape index (κ1) is 23.7. The van der Waals surface area contributed by atoms with Crippen molar-refractivity contribution in [1.82, 2.24) is 0 Å². The molecule has 3 rings (SSSR count). The normalized spacial score (nSPS) is 12.1. The molecule has 0 heterocycles. The third-order valence-corrected chi connectivity index (χ3v) is 4.66. The highest BCUT2D eigenvalue weighted by molar-refractivity contribution is 6.00. The molecule has 33 heavy (non-hydrogen) atoms. The Morgan fingerprint density at radius 2 is 1.64 bits per heavy atom. The number of nitrogens with one attached hydrogen (secondary N) is 1. The minimum absolute atomic E-state index is 0.365. The van der Waals surface area contributed by atoms with Crippen LogP contribution in [0.5, 0.6) is 5.75 Å². The lowest BCUT2D eigenvalue weighted by molar-refractivity contribution is -0.137. The quantitative estimate of drug-likeness (QED) is 0.251. The Hall–Kier alpha value is -4.00. The maximum atomic E-state index is 13.0. The summed E-state index contributed by atoms with van der Waals surface area (Å²) in [5, 5.41) is 2.71. The van der Waals surface area contributed by atoms with Crippen molar-refractivity contribution >= 4 is 22.9 Å². The number of nitrogen functional groups attached to an aromatic ring is 1. The fourth-order valence-corrected chi connectivity index (χ4v) is 3.13. The van der Waals surface area contributed by atoms with Gasteiger partial charge in [0, 0.05) is 17.5 Å². The number of halogens is 3. The number of ether oxygens (including phenoxy) is 1. The summed E-state index contributed by atoms with van der Waals surface area (Å²) in [5.74, 6) is 0.320. The third kappa shape index (κ3) is 6.74. The molecule has 7 heteroatoms. The Morgan fingerprint density at radius 1 is 1.00 bits per heavy atom. The summed E-state index contributed by atoms with van der Waals surface area (Å²) in [5.41, 5.74) is 8.06. The van der Waals surface area contributed by atoms with E-state index < -0.39 is 11.7 Å². The van der Waals surface area contributed by atoms with Gasteiger partial charge >= 0.3 is 6.18 Å². The van der Waals surface area contributed by atoms with Crippen LogP contribution in [0, 0.1) is 0 Å². The Balaban J connectivity index is 1.88. The number of rotatable bonds is 7. The summed E-state index contributed by atoms with van der Waals surface area (Å²) in [6, 6.07) is 18.9. The van der Waals surface area contributed by atoms with Crippen LogP contribution >= 0.6 is 0 Å². The average molecular weight is 452 g/mol. The number of alkyl halides is 3. The van der Waals surface area contributed by atoms with Gasteiger partial charge in [-0.25, -0.2) is 0 Å². The van der Waals surface area contributed by atoms with Gasteiger partial charge in [-0.05, 0) is 66.1 Å². The zero-order valence-corrected chi connectivity index (χ0v) is 17.9. The van der Waals surface area contributed by atoms with Gasteiger partial charge in [0.25, 0.3) is 0 Å². The van der Waals surface area contributed by atoms with Crippen molar-refractivity contribution in [3.05, 3.63) is 108 Å². The van der Waals surface area contributed by atoms with Crippen LogP contribution < -0.4 is 15.8 Å². The van der Waals surface area contributed by atoms with Gasteiger partial charge in [-0.2, -0.15) is 13.2 Å². The number of hydrogen-bond donors (Lipinski definition) is 2. The summed E-state index contributed by atoms with van der Waals surface area (Å²) in [4.78, 5) is 12.2. The van der Waals surface area contributed by atoms with E-state index in [0.29, 0.717) is 34.9 Å². The fraction of sp³-hybridized carbons (Fsp3) is 0.115. The minimum atomic E-state index is -4.42. The van der Waals surface area contributed by atoms with Gasteiger partial charge in [0.2, 0.25) is 5.91 Å². The molecule has 0 spiro atoms. The lowest BCUT2D eigenvalue weighted by Crippen LogP contribution is -2.07. The molecule has 170 valence electrons. The molecule has 0 saturated carbocycles. The second-order valence-corrected chi connectivity index (χ2v) is 7.09. The van der Waals surface area contributed by atoms with Gasteiger partial charge in [0.15, 0.2) is 0 Å². The van der Waals surface area contributed by atoms with Crippen LogP contribution in [-0.2, 0) is 11.0 Å². The number of allylic oxidation sites excluding steroid dienone is 2. The van der Waals surface area contributed by atoms with Crippen molar-refractivity contribution in [2.75, 3.05) is 17.7 Å². The predicted molar refractivity (Wildman–Crippen MR) is 125 cm³/mol. The van der Waals surface area contributed by atoms with Crippen LogP contribution in [0.15, 0.2) is 91.0 Å². The zero-order valence-electron chi connectivity index (χ0n) is 17.9. The molecule has 0 radical (unpaired) electrons. The summed E-state index contributed by atoms with van der Waals surface area (Å²) in [6.07, 6.45) is 0.143. The van der Waals surface area contributed by atoms with E-state index in [-0.39, 0.29) is 5.91 Å². The van der Waals surface area contributed by atoms with Crippen molar-refractivity contribution in [2.24, 2.45) is 0 Å². The topological polar surface area (TPSA) is 64.3 Å². The lowest BCUT2D eigenvalue weighted by Gasteiger charge is -2.12. The molecule has 3 aromatic rings. The number of amides is 1. The molecule has 0 aromatic heterocycles. The molecule has 0 atom stereocenters. The Labute approximate surface area is 190 Å². The van der Waals surface area contributed by atoms with Crippen molar-refractivity contribution in [3.63, 3.8) is 0 Å². The third-order valence-electron chi connectivity index (χ3n) is 4.66. The zero-order chi connectivity index (χ0) is 23.8. The lowest BCUT2D eigenvalue weighted by atomic mass is 9.96. The van der Waals surface area contributed by atoms with E-state index in [1.54, 1.807) is 48.6 Å². The van der Waals surface area contributed by atoms with Gasteiger partial charge in [0.1, 0.15) is 5.75 Å². The van der Waals surface area contributed by atoms with E-state index in [4.69, 9.17) is 10.5 Å². The largest absolute Gasteiger partial charge is 0.494 e. The second kappa shape index (κ2) is 10.5. The Kier molecular flexibility index (Phi) is 7.56. The van der Waals surface area contributed by atoms with Crippen molar-refractivity contribution in [3.8, 4) is 5.75 Å². The monoisotopic (exact) mass is 452 g/mol. The first-order valence-electron chi connectivity index (χ1n) is 10.2. The summed E-state index contributed by atoms with van der Waals surface area (Å²) >= 11 is 0. The molecule has 0 aliphatic heterocycles. The average Bonchev–Trinajstić information content (AvgIpc) is 2.77. The van der Waals surface area contributed by atoms with Crippen molar-refractivity contribution < 1.29 is 22.7 Å². The van der Waals surface area contributed by atoms with E-state index in [1.165, 1.54) is 18.2 Å². The molecular weight excluding hydrogens is 429 g/mol. The summed E-state index contributed by atoms with van der Waals surface area (Å²) in [6.45, 7) is 2.40. The van der Waals surface area contributed by atoms with Gasteiger partial charge in [-0.1, -0.05) is 42.5 Å². The van der Waals surface area contributed by atoms with E-state index in [1.807, 2.05) is 19.1 Å². The van der Waals surface area contributed by atoms with Crippen LogP contribution in [-0.4, -0.2) is 12.5 Å². The second-order valence-electron chi connectivity index (χ2n) is 7.09. The number of nitrogens with two attached hydrogens (primary N) is 1. The summed E-state index contributed by atoms with van der Waals surface area (Å²) < 4.78 is 44.3. The fourth-order valence-electron chi connectivity index (χ4n) is 3.13. The first-order chi connectivity index (χ1) is 15.8. The van der Waals surface area contributed by atoms with E-state index >= 15 is 0 Å². The Bertz CT molecular complexity index is 1150. The number of anilines is 2. The van der Waals surface area contributed by atoms with Gasteiger partial charge in [-0.15, -0.1) is 0 Å². The highest BCUT2D eigenvalue weighted by atomic mass is 19.4. The molecule has 0 saturated heterocycles. The van der Waals surface area contributed by atoms with Gasteiger partial charge < -0.3 is 15.8 Å². The van der Waals surface area contributed by atoms with E-state index in [0.717, 1.165) is 17.7 Å². The van der Waals surface area contributed by atoms with Crippen LogP contribution in [0.4, 0.5) is 24.5 Å². The highest BCUT2D eigenvalue weighted by Crippen LogP contribution is 2.32. The molecule has 3 N–H and O–H groups in total. The first-order valence-corrected chi connectivity index (χ1v) is 10.2. The van der Waals surface area contributed by atoms with Crippen molar-refractivity contribution in [2.45, 2.75) is 13.1 Å². The van der Waals surface area contributed by atoms with Crippen molar-refractivity contribution in [1.29, 1.82) is 0 Å². The molecule has 0 unspecified atom stereocenters. The molecule has 1 amide bonds. The number of benzene rings is 3. The Morgan fingerprint density at radius 3 is 2.21 bits per heavy atom. The maximum absolute atomic E-state index is 13.0. The molecule has 0 fully saturated rings. The predicted octanol–water partition coefficient (Wildman–Crippen LogP) is 6.31. The van der Waals surface area contributed by atoms with Crippen LogP contribution in [0.3, 0.4) is 0 Å². The van der Waals surface area contributed by atoms with E-state index in [9.17, 15) is 18.0 Å². The maximum Gasteiger partial charge on any atom is 0.416 e. The highest BCUT2D eigenvalue weighted by Gasteiger charge is 2.30. The minimum Gasteiger partial charge on any atom is -0.494 e. The number of hydrogen-bond acceptors (Lipinski definition) is 3. The summed E-state index contributed by atoms with van der Waals surface area (Å²) in [7, 11) is 0. The smallest absolute Gasteiger partial charge is 0.416 e. The molecule has 4 nitrogen and oxygen atoms in total. The van der Waals surface area contributed by atoms with Gasteiger partial charge in [0.05, 0.1) is 12.2 Å². The van der Waals surface area contributed by atoms with E-state index in [2.05, 4.69) is 5.32 Å². The molecule has 0 aliphatic rings.